The third kappa shape index (κ3) is 11.5. The van der Waals surface area contributed by atoms with Crippen molar-refractivity contribution >= 4 is 26.1 Å². The molecule has 1 amide bonds. The molecule has 3 N–H and O–H groups in total. The Morgan fingerprint density at radius 1 is 1.22 bits per heavy atom. The number of nitrogens with one attached hydrogen (secondary N) is 1. The first-order chi connectivity index (χ1) is 7.99. The zero-order valence-electron chi connectivity index (χ0n) is 10.4. The van der Waals surface area contributed by atoms with Gasteiger partial charge >= 0.3 is 0 Å². The quantitative estimate of drug-likeness (QED) is 0.735. The van der Waals surface area contributed by atoms with Crippen LogP contribution in [-0.2, 0) is 20.2 Å². The van der Waals surface area contributed by atoms with Crippen molar-refractivity contribution in [3.05, 3.63) is 35.9 Å². The normalized spacial score (nSPS) is 11.2. The molecule has 7 heteroatoms. The maximum atomic E-state index is 11.5. The van der Waals surface area contributed by atoms with Gasteiger partial charge in [0, 0.05) is 22.3 Å². The van der Waals surface area contributed by atoms with Crippen molar-refractivity contribution in [3.8, 4) is 0 Å². The number of hydrogen-bond donors (Lipinski definition) is 3. The van der Waals surface area contributed by atoms with Crippen LogP contribution in [0, 0.1) is 0 Å². The minimum absolute atomic E-state index is 0.0203. The Morgan fingerprint density at radius 3 is 1.94 bits per heavy atom. The summed E-state index contributed by atoms with van der Waals surface area (Å²) in [4.78, 5) is 11.5. The van der Waals surface area contributed by atoms with Gasteiger partial charge in [-0.25, -0.2) is 0 Å². The zero-order chi connectivity index (χ0) is 14.4. The molecule has 0 saturated carbocycles. The summed E-state index contributed by atoms with van der Waals surface area (Å²) in [5.74, 6) is -0.0203. The fourth-order valence-electron chi connectivity index (χ4n) is 1.00. The van der Waals surface area contributed by atoms with E-state index < -0.39 is 9.05 Å². The molecule has 0 aliphatic heterocycles. The van der Waals surface area contributed by atoms with Crippen LogP contribution in [0.15, 0.2) is 30.3 Å². The molecule has 0 aliphatic carbocycles. The van der Waals surface area contributed by atoms with Crippen LogP contribution in [0.25, 0.3) is 0 Å². The Kier molecular flexibility index (Phi) is 6.41. The second kappa shape index (κ2) is 6.79. The summed E-state index contributed by atoms with van der Waals surface area (Å²) in [5.41, 5.74) is 0.532. The highest BCUT2D eigenvalue weighted by molar-refractivity contribution is 8.26. The molecule has 0 unspecified atom stereocenters. The van der Waals surface area contributed by atoms with Crippen molar-refractivity contribution < 1.29 is 18.1 Å². The summed E-state index contributed by atoms with van der Waals surface area (Å²) < 4.78 is 24.0. The van der Waals surface area contributed by atoms with Crippen LogP contribution >= 0.6 is 0 Å². The highest BCUT2D eigenvalue weighted by Crippen LogP contribution is 2.03. The van der Waals surface area contributed by atoms with E-state index in [0.717, 1.165) is 0 Å². The molecule has 102 valence electrons. The van der Waals surface area contributed by atoms with Gasteiger partial charge < -0.3 is 5.32 Å². The maximum Gasteiger partial charge on any atom is 0.263 e. The van der Waals surface area contributed by atoms with Crippen LogP contribution in [-0.4, -0.2) is 24.8 Å². The fraction of sp³-hybridized carbons (Fsp3) is 0.364. The molecule has 0 radical (unpaired) electrons. The number of carbonyl (C=O) groups excluding carboxylic acids is 1. The first kappa shape index (κ1) is 17.0. The first-order valence-electron chi connectivity index (χ1n) is 5.06. The van der Waals surface area contributed by atoms with E-state index in [4.69, 9.17) is 13.3 Å². The smallest absolute Gasteiger partial charge is 0.263 e. The first-order valence-corrected chi connectivity index (χ1v) is 7.46. The lowest BCUT2D eigenvalue weighted by Crippen LogP contribution is -2.40. The van der Waals surface area contributed by atoms with Crippen molar-refractivity contribution in [3.63, 3.8) is 0 Å². The van der Waals surface area contributed by atoms with Gasteiger partial charge in [0.2, 0.25) is 0 Å². The second-order valence-electron chi connectivity index (χ2n) is 4.52. The standard InChI is InChI=1S/C11H15NO.H2O3S2/c1-11(2,3)12-10(13)9-7-5-4-6-8-9;1-5(2,3)4/h4-8H,1-3H3,(H,12,13);(H2,1,2,3,4). The summed E-state index contributed by atoms with van der Waals surface area (Å²) in [7, 11) is -3.83. The molecular formula is C11H17NO4S2. The van der Waals surface area contributed by atoms with Gasteiger partial charge in [-0.05, 0) is 32.9 Å². The fourth-order valence-corrected chi connectivity index (χ4v) is 1.00. The van der Waals surface area contributed by atoms with Gasteiger partial charge in [-0.1, -0.05) is 18.2 Å². The highest BCUT2D eigenvalue weighted by atomic mass is 32.9. The molecule has 1 aromatic rings. The van der Waals surface area contributed by atoms with E-state index >= 15 is 0 Å². The third-order valence-electron chi connectivity index (χ3n) is 1.52. The molecule has 1 aromatic carbocycles. The molecule has 1 rings (SSSR count). The van der Waals surface area contributed by atoms with Crippen molar-refractivity contribution in [1.29, 1.82) is 0 Å². The number of hydrogen-bond acceptors (Lipinski definition) is 3. The highest BCUT2D eigenvalue weighted by Gasteiger charge is 2.14. The van der Waals surface area contributed by atoms with Crippen molar-refractivity contribution in [1.82, 2.24) is 5.32 Å². The van der Waals surface area contributed by atoms with E-state index in [1.54, 1.807) is 12.1 Å². The van der Waals surface area contributed by atoms with Crippen molar-refractivity contribution in [2.24, 2.45) is 0 Å². The van der Waals surface area contributed by atoms with Crippen LogP contribution in [0.4, 0.5) is 0 Å². The summed E-state index contributed by atoms with van der Waals surface area (Å²) in [6.45, 7) is 5.90. The Bertz CT molecular complexity index is 470. The maximum absolute atomic E-state index is 11.5. The second-order valence-corrected chi connectivity index (χ2v) is 6.72. The Morgan fingerprint density at radius 2 is 1.61 bits per heavy atom. The van der Waals surface area contributed by atoms with Crippen molar-refractivity contribution in [2.45, 2.75) is 26.3 Å². The molecule has 0 bridgehead atoms. The predicted octanol–water partition coefficient (Wildman–Crippen LogP) is 1.89. The van der Waals surface area contributed by atoms with Crippen molar-refractivity contribution in [2.75, 3.05) is 0 Å². The molecule has 0 aliphatic rings. The molecule has 0 atom stereocenters. The Balaban J connectivity index is 0.000000494. The Hall–Kier alpha value is -1.02. The lowest BCUT2D eigenvalue weighted by molar-refractivity contribution is 0.0919. The SMILES string of the molecule is CC(C)(C)NC(=O)c1ccccc1.O=S(O)(O)=S. The largest absolute Gasteiger partial charge is 0.347 e. The van der Waals surface area contributed by atoms with E-state index in [-0.39, 0.29) is 11.4 Å². The number of rotatable bonds is 1. The summed E-state index contributed by atoms with van der Waals surface area (Å²) in [6, 6.07) is 9.23. The Labute approximate surface area is 112 Å². The third-order valence-corrected chi connectivity index (χ3v) is 1.52. The van der Waals surface area contributed by atoms with Gasteiger partial charge in [0.1, 0.15) is 0 Å². The van der Waals surface area contributed by atoms with Gasteiger partial charge in [0.25, 0.3) is 15.0 Å². The summed E-state index contributed by atoms with van der Waals surface area (Å²) in [6.07, 6.45) is 0. The summed E-state index contributed by atoms with van der Waals surface area (Å²) >= 11 is 3.47. The molecule has 0 heterocycles. The van der Waals surface area contributed by atoms with Gasteiger partial charge in [-0.3, -0.25) is 13.9 Å². The van der Waals surface area contributed by atoms with Gasteiger partial charge in [-0.15, -0.1) is 0 Å². The van der Waals surface area contributed by atoms with Crippen LogP contribution in [0.1, 0.15) is 31.1 Å². The molecule has 0 aromatic heterocycles. The lowest BCUT2D eigenvalue weighted by Gasteiger charge is -2.20. The molecule has 18 heavy (non-hydrogen) atoms. The van der Waals surface area contributed by atoms with Crippen LogP contribution in [0.3, 0.4) is 0 Å². The van der Waals surface area contributed by atoms with E-state index in [2.05, 4.69) is 16.5 Å². The van der Waals surface area contributed by atoms with Gasteiger partial charge in [-0.2, -0.15) is 4.21 Å². The zero-order valence-corrected chi connectivity index (χ0v) is 12.0. The van der Waals surface area contributed by atoms with Gasteiger partial charge in [0.15, 0.2) is 0 Å². The van der Waals surface area contributed by atoms with E-state index in [0.29, 0.717) is 5.56 Å². The lowest BCUT2D eigenvalue weighted by atomic mass is 10.1. The molecular weight excluding hydrogens is 274 g/mol. The molecule has 0 spiro atoms. The number of benzene rings is 1. The average Bonchev–Trinajstić information content (AvgIpc) is 2.14. The molecule has 5 nitrogen and oxygen atoms in total. The number of carbonyl (C=O) groups is 1. The minimum Gasteiger partial charge on any atom is -0.347 e. The average molecular weight is 291 g/mol. The van der Waals surface area contributed by atoms with E-state index in [9.17, 15) is 4.79 Å². The molecule has 0 fully saturated rings. The van der Waals surface area contributed by atoms with Crippen LogP contribution in [0.2, 0.25) is 0 Å². The molecule has 0 saturated heterocycles. The van der Waals surface area contributed by atoms with Gasteiger partial charge in [0.05, 0.1) is 0 Å². The van der Waals surface area contributed by atoms with E-state index in [1.807, 2.05) is 39.0 Å². The predicted molar refractivity (Wildman–Crippen MR) is 74.4 cm³/mol. The number of amides is 1. The summed E-state index contributed by atoms with van der Waals surface area (Å²) in [5, 5.41) is 2.90. The minimum atomic E-state index is -3.83. The van der Waals surface area contributed by atoms with Crippen LogP contribution < -0.4 is 5.32 Å². The topological polar surface area (TPSA) is 86.6 Å². The van der Waals surface area contributed by atoms with Crippen LogP contribution in [0.5, 0.6) is 0 Å². The monoisotopic (exact) mass is 291 g/mol. The van der Waals surface area contributed by atoms with E-state index in [1.165, 1.54) is 0 Å².